The molecule has 0 amide bonds. The molecule has 3 aliphatic rings. The molecule has 6 unspecified atom stereocenters. The first-order valence-electron chi connectivity index (χ1n) is 27.2. The third-order valence-corrected chi connectivity index (χ3v) is 16.8. The van der Waals surface area contributed by atoms with Crippen molar-refractivity contribution in [1.29, 1.82) is 0 Å². The summed E-state index contributed by atoms with van der Waals surface area (Å²) in [6.07, 6.45) is 1.55. The summed E-state index contributed by atoms with van der Waals surface area (Å²) in [4.78, 5) is 65.6. The summed E-state index contributed by atoms with van der Waals surface area (Å²) in [5.41, 5.74) is 1.92. The molecular formula is C58H82N6O11S. The van der Waals surface area contributed by atoms with Gasteiger partial charge in [0.15, 0.2) is 9.84 Å². The number of rotatable bonds is 24. The summed E-state index contributed by atoms with van der Waals surface area (Å²) in [5, 5.41) is 10.9. The van der Waals surface area contributed by atoms with Gasteiger partial charge in [-0.05, 0) is 141 Å². The normalized spacial score (nSPS) is 19.2. The molecule has 3 aliphatic heterocycles. The predicted molar refractivity (Wildman–Crippen MR) is 292 cm³/mol. The summed E-state index contributed by atoms with van der Waals surface area (Å²) in [6, 6.07) is 19.3. The largest absolute Gasteiger partial charge is 0.462 e. The number of H-pyrrole nitrogens is 2. The first-order valence-corrected chi connectivity index (χ1v) is 29.1. The highest BCUT2D eigenvalue weighted by atomic mass is 32.2. The molecule has 0 radical (unpaired) electrons. The van der Waals surface area contributed by atoms with Crippen molar-refractivity contribution in [2.45, 2.75) is 111 Å². The molecule has 2 aromatic carbocycles. The number of hydrogen-bond donors (Lipinski definition) is 5. The molecule has 17 nitrogen and oxygen atoms in total. The Morgan fingerprint density at radius 3 is 1.71 bits per heavy atom. The molecule has 2 aromatic heterocycles. The smallest absolute Gasteiger partial charge is 0.355 e. The Morgan fingerprint density at radius 2 is 1.21 bits per heavy atom. The molecule has 416 valence electrons. The molecule has 5 N–H and O–H groups in total. The van der Waals surface area contributed by atoms with Gasteiger partial charge in [0.05, 0.1) is 49.1 Å². The fraction of sp³-hybridized carbons (Fsp3) is 0.586. The van der Waals surface area contributed by atoms with Gasteiger partial charge in [-0.2, -0.15) is 0 Å². The minimum Gasteiger partial charge on any atom is -0.462 e. The molecule has 3 fully saturated rings. The van der Waals surface area contributed by atoms with Crippen LogP contribution in [0.3, 0.4) is 0 Å². The predicted octanol–water partition coefficient (Wildman–Crippen LogP) is 7.10. The van der Waals surface area contributed by atoms with E-state index in [1.165, 1.54) is 0 Å². The summed E-state index contributed by atoms with van der Waals surface area (Å²) in [7, 11) is -3.93. The molecule has 5 heterocycles. The molecule has 0 saturated carbocycles. The zero-order chi connectivity index (χ0) is 54.8. The lowest BCUT2D eigenvalue weighted by molar-refractivity contribution is -0.00298. The van der Waals surface area contributed by atoms with Gasteiger partial charge in [-0.3, -0.25) is 4.90 Å². The third-order valence-electron chi connectivity index (χ3n) is 15.1. The van der Waals surface area contributed by atoms with Crippen LogP contribution in [0.5, 0.6) is 0 Å². The van der Waals surface area contributed by atoms with Gasteiger partial charge in [0, 0.05) is 61.9 Å². The topological polar surface area (TPSA) is 219 Å². The molecule has 6 atom stereocenters. The molecule has 7 rings (SSSR count). The number of aromatic amines is 2. The zero-order valence-electron chi connectivity index (χ0n) is 46.1. The van der Waals surface area contributed by atoms with Crippen LogP contribution in [0.15, 0.2) is 60.7 Å². The van der Waals surface area contributed by atoms with Gasteiger partial charge >= 0.3 is 23.9 Å². The summed E-state index contributed by atoms with van der Waals surface area (Å²) in [5.74, 6) is -4.77. The van der Waals surface area contributed by atoms with Crippen molar-refractivity contribution in [2.24, 2.45) is 17.8 Å². The number of carbonyl (C=O) groups excluding carboxylic acids is 4. The Kier molecular flexibility index (Phi) is 19.8. The number of morpholine rings is 1. The number of benzene rings is 2. The van der Waals surface area contributed by atoms with E-state index in [9.17, 15) is 27.6 Å². The Labute approximate surface area is 449 Å². The van der Waals surface area contributed by atoms with Gasteiger partial charge in [0.25, 0.3) is 0 Å². The molecule has 18 heteroatoms. The minimum absolute atomic E-state index is 0.0427. The third kappa shape index (κ3) is 14.6. The van der Waals surface area contributed by atoms with Gasteiger partial charge in [-0.1, -0.05) is 60.7 Å². The fourth-order valence-electron chi connectivity index (χ4n) is 11.3. The highest BCUT2D eigenvalue weighted by Gasteiger charge is 2.43. The van der Waals surface area contributed by atoms with E-state index in [-0.39, 0.29) is 71.5 Å². The van der Waals surface area contributed by atoms with Crippen LogP contribution in [-0.2, 0) is 33.5 Å². The number of aromatic nitrogens is 2. The van der Waals surface area contributed by atoms with E-state index in [0.717, 1.165) is 50.3 Å². The second-order valence-electron chi connectivity index (χ2n) is 22.2. The van der Waals surface area contributed by atoms with E-state index in [2.05, 4.69) is 30.8 Å². The second kappa shape index (κ2) is 25.9. The standard InChI is InChI=1S/C58H82N6O11S/c1-10-72-53(65)44-37(3)48(55(67)74-57(5,6)7)62-51(44)46(39-18-14-12-15-19-39)43(41-22-25-59-34-41)36-76(69,70)33-24-58(8,9)75-56(68)49-38(4)45(54(66)73-11-2)52(63-49)47(40-20-16-13-17-21-40)50(42-23-26-60-35-42)61-27-28-64-29-31-71-32-30-64/h12-21,41-43,46-47,50,59-63H,10-11,22-36H2,1-9H3. The average Bonchev–Trinajstić information content (AvgIpc) is 4.24. The number of nitrogens with one attached hydrogen (secondary N) is 5. The van der Waals surface area contributed by atoms with Crippen LogP contribution < -0.4 is 16.0 Å². The van der Waals surface area contributed by atoms with Crippen molar-refractivity contribution in [2.75, 3.05) is 90.3 Å². The lowest BCUT2D eigenvalue weighted by atomic mass is 9.75. The lowest BCUT2D eigenvalue weighted by Crippen LogP contribution is -2.47. The van der Waals surface area contributed by atoms with Crippen molar-refractivity contribution in [3.63, 3.8) is 0 Å². The Hall–Kier alpha value is -5.37. The van der Waals surface area contributed by atoms with Crippen LogP contribution in [0.25, 0.3) is 0 Å². The molecule has 0 aliphatic carbocycles. The van der Waals surface area contributed by atoms with Gasteiger partial charge < -0.3 is 49.6 Å². The lowest BCUT2D eigenvalue weighted by Gasteiger charge is -2.34. The van der Waals surface area contributed by atoms with Crippen molar-refractivity contribution in [3.8, 4) is 0 Å². The van der Waals surface area contributed by atoms with Crippen LogP contribution in [0.4, 0.5) is 0 Å². The van der Waals surface area contributed by atoms with Crippen LogP contribution in [0.1, 0.15) is 155 Å². The van der Waals surface area contributed by atoms with Crippen LogP contribution in [-0.4, -0.2) is 155 Å². The van der Waals surface area contributed by atoms with E-state index >= 15 is 0 Å². The highest BCUT2D eigenvalue weighted by Crippen LogP contribution is 2.43. The van der Waals surface area contributed by atoms with Crippen LogP contribution >= 0.6 is 0 Å². The van der Waals surface area contributed by atoms with Gasteiger partial charge in [0.1, 0.15) is 22.6 Å². The van der Waals surface area contributed by atoms with Crippen molar-refractivity contribution in [1.82, 2.24) is 30.8 Å². The Balaban J connectivity index is 1.18. The van der Waals surface area contributed by atoms with E-state index in [4.69, 9.17) is 23.7 Å². The summed E-state index contributed by atoms with van der Waals surface area (Å²) >= 11 is 0. The SMILES string of the molecule is CCOC(=O)c1c(C(c2ccccc2)C(CS(=O)(=O)CCC(C)(C)OC(=O)c2[nH]c(C(c3ccccc3)C(NCCN3CCOCC3)C3CCNC3)c(C(=O)OCC)c2C)C2CCNC2)[nH]c(C(=O)OC(C)(C)C)c1C. The monoisotopic (exact) mass is 1070 g/mol. The first-order chi connectivity index (χ1) is 36.2. The quantitative estimate of drug-likeness (QED) is 0.0349. The molecule has 3 saturated heterocycles. The van der Waals surface area contributed by atoms with Crippen LogP contribution in [0, 0.1) is 31.6 Å². The summed E-state index contributed by atoms with van der Waals surface area (Å²) < 4.78 is 58.5. The van der Waals surface area contributed by atoms with Gasteiger partial charge in [-0.15, -0.1) is 0 Å². The van der Waals surface area contributed by atoms with E-state index in [1.807, 2.05) is 60.7 Å². The maximum atomic E-state index is 14.8. The number of hydrogen-bond acceptors (Lipinski definition) is 15. The molecule has 0 spiro atoms. The van der Waals surface area contributed by atoms with Crippen molar-refractivity contribution >= 4 is 33.7 Å². The van der Waals surface area contributed by atoms with Crippen LogP contribution in [0.2, 0.25) is 0 Å². The first kappa shape index (κ1) is 58.3. The summed E-state index contributed by atoms with van der Waals surface area (Å²) in [6.45, 7) is 23.2. The van der Waals surface area contributed by atoms with Crippen molar-refractivity contribution in [3.05, 3.63) is 117 Å². The average molecular weight is 1070 g/mol. The molecular weight excluding hydrogens is 989 g/mol. The Bertz CT molecular complexity index is 2700. The minimum atomic E-state index is -3.93. The van der Waals surface area contributed by atoms with Crippen molar-refractivity contribution < 1.29 is 51.3 Å². The zero-order valence-corrected chi connectivity index (χ0v) is 46.9. The second-order valence-corrected chi connectivity index (χ2v) is 24.4. The van der Waals surface area contributed by atoms with E-state index in [1.54, 1.807) is 62.3 Å². The fourth-order valence-corrected chi connectivity index (χ4v) is 13.3. The van der Waals surface area contributed by atoms with E-state index < -0.39 is 62.7 Å². The molecule has 76 heavy (non-hydrogen) atoms. The van der Waals surface area contributed by atoms with Gasteiger partial charge in [0.2, 0.25) is 0 Å². The number of ether oxygens (including phenoxy) is 5. The number of carbonyl (C=O) groups is 4. The molecule has 4 aromatic rings. The molecule has 0 bridgehead atoms. The number of nitrogens with zero attached hydrogens (tertiary/aromatic N) is 1. The number of esters is 4. The maximum Gasteiger partial charge on any atom is 0.355 e. The van der Waals surface area contributed by atoms with Gasteiger partial charge in [-0.25, -0.2) is 27.6 Å². The number of sulfone groups is 1. The maximum absolute atomic E-state index is 14.8. The highest BCUT2D eigenvalue weighted by molar-refractivity contribution is 7.91. The van der Waals surface area contributed by atoms with E-state index in [0.29, 0.717) is 61.8 Å². The Morgan fingerprint density at radius 1 is 0.711 bits per heavy atom.